The summed E-state index contributed by atoms with van der Waals surface area (Å²) in [5, 5.41) is 20.1. The van der Waals surface area contributed by atoms with E-state index in [-0.39, 0.29) is 5.56 Å². The van der Waals surface area contributed by atoms with Gasteiger partial charge in [0.25, 0.3) is 5.91 Å². The molecule has 6 nitrogen and oxygen atoms in total. The molecule has 0 atom stereocenters. The standard InChI is InChI=1S/C13H8F3NO5/c14-13(15,16)5-1-2-6-7(3-5)11(21)9(10(6)20)12(22)17-4-8(18)19/h1-3,21H,4H2,(H,17,22)(H,18,19). The van der Waals surface area contributed by atoms with Crippen LogP contribution in [0.2, 0.25) is 0 Å². The Morgan fingerprint density at radius 2 is 1.82 bits per heavy atom. The minimum Gasteiger partial charge on any atom is -0.506 e. The lowest BCUT2D eigenvalue weighted by molar-refractivity contribution is -0.138. The van der Waals surface area contributed by atoms with Crippen LogP contribution in [0.15, 0.2) is 23.8 Å². The van der Waals surface area contributed by atoms with Crippen LogP contribution in [0, 0.1) is 0 Å². The van der Waals surface area contributed by atoms with E-state index in [1.807, 2.05) is 5.32 Å². The summed E-state index contributed by atoms with van der Waals surface area (Å²) in [6.07, 6.45) is -4.67. The van der Waals surface area contributed by atoms with Gasteiger partial charge < -0.3 is 15.5 Å². The second-order valence-corrected chi connectivity index (χ2v) is 4.39. The lowest BCUT2D eigenvalue weighted by Crippen LogP contribution is -2.32. The van der Waals surface area contributed by atoms with E-state index in [4.69, 9.17) is 5.11 Å². The number of benzene rings is 1. The molecule has 0 aliphatic heterocycles. The van der Waals surface area contributed by atoms with Gasteiger partial charge in [-0.2, -0.15) is 13.2 Å². The van der Waals surface area contributed by atoms with Crippen LogP contribution < -0.4 is 5.32 Å². The maximum absolute atomic E-state index is 12.6. The van der Waals surface area contributed by atoms with Crippen LogP contribution in [0.5, 0.6) is 0 Å². The fourth-order valence-corrected chi connectivity index (χ4v) is 1.95. The Morgan fingerprint density at radius 1 is 1.18 bits per heavy atom. The van der Waals surface area contributed by atoms with Crippen molar-refractivity contribution in [3.05, 3.63) is 40.5 Å². The molecule has 0 aromatic heterocycles. The summed E-state index contributed by atoms with van der Waals surface area (Å²) in [6, 6.07) is 2.07. The number of amides is 1. The van der Waals surface area contributed by atoms with Gasteiger partial charge in [-0.15, -0.1) is 0 Å². The van der Waals surface area contributed by atoms with Gasteiger partial charge in [-0.05, 0) is 18.2 Å². The van der Waals surface area contributed by atoms with Gasteiger partial charge in [0.1, 0.15) is 17.9 Å². The Labute approximate surface area is 120 Å². The van der Waals surface area contributed by atoms with Crippen LogP contribution >= 0.6 is 0 Å². The third-order valence-corrected chi connectivity index (χ3v) is 2.94. The van der Waals surface area contributed by atoms with E-state index in [2.05, 4.69) is 0 Å². The molecule has 22 heavy (non-hydrogen) atoms. The Hall–Kier alpha value is -2.84. The van der Waals surface area contributed by atoms with Gasteiger partial charge >= 0.3 is 12.1 Å². The Kier molecular flexibility index (Phi) is 3.65. The summed E-state index contributed by atoms with van der Waals surface area (Å²) < 4.78 is 37.9. The number of alkyl halides is 3. The molecule has 0 unspecified atom stereocenters. The number of carboxylic acids is 1. The van der Waals surface area contributed by atoms with E-state index >= 15 is 0 Å². The number of ketones is 1. The molecule has 1 aromatic rings. The molecule has 0 fully saturated rings. The van der Waals surface area contributed by atoms with Crippen LogP contribution in [0.1, 0.15) is 21.5 Å². The molecule has 0 saturated carbocycles. The van der Waals surface area contributed by atoms with Crippen LogP contribution in [0.25, 0.3) is 5.76 Å². The van der Waals surface area contributed by atoms with Crippen molar-refractivity contribution >= 4 is 23.4 Å². The summed E-state index contributed by atoms with van der Waals surface area (Å²) >= 11 is 0. The Morgan fingerprint density at radius 3 is 2.36 bits per heavy atom. The van der Waals surface area contributed by atoms with E-state index < -0.39 is 52.8 Å². The summed E-state index contributed by atoms with van der Waals surface area (Å²) in [5.74, 6) is -4.43. The highest BCUT2D eigenvalue weighted by Gasteiger charge is 2.38. The number of hydrogen-bond acceptors (Lipinski definition) is 4. The quantitative estimate of drug-likeness (QED) is 0.731. The number of nitrogens with one attached hydrogen (secondary N) is 1. The first-order valence-corrected chi connectivity index (χ1v) is 5.82. The summed E-state index contributed by atoms with van der Waals surface area (Å²) in [7, 11) is 0. The van der Waals surface area contributed by atoms with E-state index in [0.717, 1.165) is 6.07 Å². The zero-order valence-corrected chi connectivity index (χ0v) is 10.7. The molecule has 0 spiro atoms. The number of carboxylic acid groups (broad SMARTS) is 1. The second-order valence-electron chi connectivity index (χ2n) is 4.39. The largest absolute Gasteiger partial charge is 0.506 e. The fourth-order valence-electron chi connectivity index (χ4n) is 1.95. The van der Waals surface area contributed by atoms with Gasteiger partial charge in [-0.3, -0.25) is 14.4 Å². The van der Waals surface area contributed by atoms with E-state index in [9.17, 15) is 32.7 Å². The number of carbonyl (C=O) groups is 3. The Bertz CT molecular complexity index is 721. The van der Waals surface area contributed by atoms with Gasteiger partial charge in [0, 0.05) is 11.1 Å². The van der Waals surface area contributed by atoms with Crippen molar-refractivity contribution in [2.45, 2.75) is 6.18 Å². The van der Waals surface area contributed by atoms with Crippen molar-refractivity contribution in [3.63, 3.8) is 0 Å². The van der Waals surface area contributed by atoms with E-state index in [1.165, 1.54) is 0 Å². The third kappa shape index (κ3) is 2.65. The molecule has 0 bridgehead atoms. The van der Waals surface area contributed by atoms with Gasteiger partial charge in [-0.25, -0.2) is 0 Å². The highest BCUT2D eigenvalue weighted by molar-refractivity contribution is 6.33. The van der Waals surface area contributed by atoms with Crippen LogP contribution in [0.4, 0.5) is 13.2 Å². The molecule has 1 aliphatic rings. The first-order chi connectivity index (χ1) is 10.1. The molecule has 0 radical (unpaired) electrons. The predicted molar refractivity (Wildman–Crippen MR) is 66.0 cm³/mol. The van der Waals surface area contributed by atoms with E-state index in [1.54, 1.807) is 0 Å². The van der Waals surface area contributed by atoms with Gasteiger partial charge in [0.05, 0.1) is 5.56 Å². The SMILES string of the molecule is O=C(O)CNC(=O)C1=C(O)c2cc(C(F)(F)F)ccc2C1=O. The predicted octanol–water partition coefficient (Wildman–Crippen LogP) is 1.37. The van der Waals surface area contributed by atoms with Crippen molar-refractivity contribution in [2.24, 2.45) is 0 Å². The number of fused-ring (bicyclic) bond motifs is 1. The van der Waals surface area contributed by atoms with Crippen molar-refractivity contribution in [1.82, 2.24) is 5.32 Å². The average Bonchev–Trinajstić information content (AvgIpc) is 2.67. The maximum atomic E-state index is 12.6. The number of aliphatic hydroxyl groups is 1. The van der Waals surface area contributed by atoms with Gasteiger partial charge in [-0.1, -0.05) is 0 Å². The number of aliphatic carboxylic acids is 1. The molecule has 116 valence electrons. The normalized spacial score (nSPS) is 14.0. The first kappa shape index (κ1) is 15.5. The number of carbonyl (C=O) groups excluding carboxylic acids is 2. The number of hydrogen-bond donors (Lipinski definition) is 3. The van der Waals surface area contributed by atoms with Crippen LogP contribution in [0.3, 0.4) is 0 Å². The number of rotatable bonds is 3. The number of Topliss-reactive ketones (excluding diaryl/α,β-unsaturated/α-hetero) is 1. The molecule has 1 aromatic carbocycles. The zero-order chi connectivity index (χ0) is 16.7. The van der Waals surface area contributed by atoms with Crippen LogP contribution in [-0.2, 0) is 15.8 Å². The highest BCUT2D eigenvalue weighted by Crippen LogP contribution is 2.36. The molecule has 0 heterocycles. The topological polar surface area (TPSA) is 104 Å². The molecule has 2 rings (SSSR count). The number of halogens is 3. The molecule has 1 amide bonds. The Balaban J connectivity index is 2.41. The van der Waals surface area contributed by atoms with Crippen molar-refractivity contribution in [2.75, 3.05) is 6.54 Å². The third-order valence-electron chi connectivity index (χ3n) is 2.94. The molecule has 0 saturated heterocycles. The minimum absolute atomic E-state index is 0.258. The lowest BCUT2D eigenvalue weighted by Gasteiger charge is -2.08. The van der Waals surface area contributed by atoms with Crippen molar-refractivity contribution in [3.8, 4) is 0 Å². The minimum atomic E-state index is -4.67. The summed E-state index contributed by atoms with van der Waals surface area (Å²) in [6.45, 7) is -0.799. The maximum Gasteiger partial charge on any atom is 0.416 e. The average molecular weight is 315 g/mol. The van der Waals surface area contributed by atoms with Crippen molar-refractivity contribution in [1.29, 1.82) is 0 Å². The monoisotopic (exact) mass is 315 g/mol. The zero-order valence-electron chi connectivity index (χ0n) is 10.7. The fraction of sp³-hybridized carbons (Fsp3) is 0.154. The van der Waals surface area contributed by atoms with Gasteiger partial charge in [0.15, 0.2) is 0 Å². The summed E-state index contributed by atoms with van der Waals surface area (Å²) in [5.41, 5.74) is -2.54. The smallest absolute Gasteiger partial charge is 0.416 e. The molecule has 3 N–H and O–H groups in total. The highest BCUT2D eigenvalue weighted by atomic mass is 19.4. The molecular weight excluding hydrogens is 307 g/mol. The second kappa shape index (κ2) is 5.17. The van der Waals surface area contributed by atoms with Gasteiger partial charge in [0.2, 0.25) is 5.78 Å². The lowest BCUT2D eigenvalue weighted by atomic mass is 10.0. The molecular formula is C13H8F3NO5. The van der Waals surface area contributed by atoms with E-state index in [0.29, 0.717) is 12.1 Å². The molecule has 9 heteroatoms. The molecule has 1 aliphatic carbocycles. The number of aliphatic hydroxyl groups excluding tert-OH is 1. The first-order valence-electron chi connectivity index (χ1n) is 5.82. The van der Waals surface area contributed by atoms with Crippen molar-refractivity contribution < 1.29 is 37.8 Å². The summed E-state index contributed by atoms with van der Waals surface area (Å²) in [4.78, 5) is 34.0. The van der Waals surface area contributed by atoms with Crippen LogP contribution in [-0.4, -0.2) is 34.4 Å².